The number of amides is 1. The van der Waals surface area contributed by atoms with Crippen LogP contribution < -0.4 is 10.6 Å². The maximum atomic E-state index is 13.9. The van der Waals surface area contributed by atoms with Crippen molar-refractivity contribution in [1.29, 1.82) is 0 Å². The highest BCUT2D eigenvalue weighted by Crippen LogP contribution is 2.19. The predicted molar refractivity (Wildman–Crippen MR) is 98.7 cm³/mol. The molecule has 0 unspecified atom stereocenters. The van der Waals surface area contributed by atoms with Gasteiger partial charge in [0, 0.05) is 18.7 Å². The third-order valence-electron chi connectivity index (χ3n) is 4.21. The molecule has 0 radical (unpaired) electrons. The number of benzene rings is 3. The third-order valence-corrected chi connectivity index (χ3v) is 4.21. The van der Waals surface area contributed by atoms with Crippen LogP contribution in [0, 0.1) is 5.82 Å². The monoisotopic (exact) mass is 336 g/mol. The highest BCUT2D eigenvalue weighted by Gasteiger charge is 2.08. The van der Waals surface area contributed by atoms with Gasteiger partial charge in [0.15, 0.2) is 0 Å². The van der Waals surface area contributed by atoms with Crippen LogP contribution in [0.2, 0.25) is 0 Å². The van der Waals surface area contributed by atoms with Crippen LogP contribution in [0.4, 0.5) is 4.39 Å². The molecule has 0 aromatic heterocycles. The molecule has 0 aliphatic carbocycles. The van der Waals surface area contributed by atoms with Crippen LogP contribution in [0.15, 0.2) is 60.7 Å². The molecule has 0 aliphatic rings. The zero-order chi connectivity index (χ0) is 17.6. The molecule has 2 N–H and O–H groups in total. The Bertz CT molecular complexity index is 887. The summed E-state index contributed by atoms with van der Waals surface area (Å²) in [7, 11) is 1.78. The van der Waals surface area contributed by atoms with E-state index in [4.69, 9.17) is 0 Å². The summed E-state index contributed by atoms with van der Waals surface area (Å²) in [5.74, 6) is -0.328. The summed E-state index contributed by atoms with van der Waals surface area (Å²) in [6, 6.07) is 19.0. The van der Waals surface area contributed by atoms with Crippen molar-refractivity contribution < 1.29 is 9.18 Å². The van der Waals surface area contributed by atoms with E-state index in [-0.39, 0.29) is 11.7 Å². The van der Waals surface area contributed by atoms with Gasteiger partial charge in [-0.25, -0.2) is 4.39 Å². The quantitative estimate of drug-likeness (QED) is 0.723. The van der Waals surface area contributed by atoms with Crippen LogP contribution in [0.3, 0.4) is 0 Å². The summed E-state index contributed by atoms with van der Waals surface area (Å²) in [5, 5.41) is 8.00. The van der Waals surface area contributed by atoms with E-state index >= 15 is 0 Å². The van der Waals surface area contributed by atoms with Crippen LogP contribution in [0.5, 0.6) is 0 Å². The first-order valence-corrected chi connectivity index (χ1v) is 8.32. The van der Waals surface area contributed by atoms with E-state index in [9.17, 15) is 9.18 Å². The average Bonchev–Trinajstić information content (AvgIpc) is 2.62. The second-order valence-corrected chi connectivity index (χ2v) is 6.05. The van der Waals surface area contributed by atoms with Crippen LogP contribution in [0.1, 0.15) is 16.7 Å². The second kappa shape index (κ2) is 7.90. The lowest BCUT2D eigenvalue weighted by Gasteiger charge is -2.09. The zero-order valence-electron chi connectivity index (χ0n) is 14.2. The number of nitrogens with one attached hydrogen (secondary N) is 2. The lowest BCUT2D eigenvalue weighted by molar-refractivity contribution is -0.120. The number of carbonyl (C=O) groups excluding carboxylic acids is 1. The summed E-state index contributed by atoms with van der Waals surface area (Å²) in [6.07, 6.45) is 0.307. The van der Waals surface area contributed by atoms with Crippen molar-refractivity contribution in [3.63, 3.8) is 0 Å². The van der Waals surface area contributed by atoms with E-state index in [1.165, 1.54) is 6.07 Å². The molecule has 0 fully saturated rings. The molecule has 0 bridgehead atoms. The third kappa shape index (κ3) is 4.22. The SMILES string of the molecule is CNCc1ccc(CNC(=O)Cc2cccc3ccccc23)cc1F. The van der Waals surface area contributed by atoms with Gasteiger partial charge in [0.2, 0.25) is 5.91 Å². The van der Waals surface area contributed by atoms with Gasteiger partial charge in [-0.05, 0) is 35.0 Å². The Morgan fingerprint density at radius 3 is 2.56 bits per heavy atom. The van der Waals surface area contributed by atoms with Gasteiger partial charge >= 0.3 is 0 Å². The summed E-state index contributed by atoms with van der Waals surface area (Å²) in [5.41, 5.74) is 2.36. The zero-order valence-corrected chi connectivity index (χ0v) is 14.2. The first kappa shape index (κ1) is 17.1. The van der Waals surface area contributed by atoms with Crippen molar-refractivity contribution in [2.75, 3.05) is 7.05 Å². The minimum atomic E-state index is -0.254. The molecule has 128 valence electrons. The number of carbonyl (C=O) groups is 1. The van der Waals surface area contributed by atoms with E-state index < -0.39 is 0 Å². The van der Waals surface area contributed by atoms with Crippen molar-refractivity contribution in [3.8, 4) is 0 Å². The number of halogens is 1. The Morgan fingerprint density at radius 1 is 0.960 bits per heavy atom. The van der Waals surface area contributed by atoms with Gasteiger partial charge in [-0.15, -0.1) is 0 Å². The molecule has 1 amide bonds. The summed E-state index contributed by atoms with van der Waals surface area (Å²) in [4.78, 5) is 12.3. The van der Waals surface area contributed by atoms with Crippen molar-refractivity contribution in [2.24, 2.45) is 0 Å². The first-order chi connectivity index (χ1) is 12.2. The molecule has 25 heavy (non-hydrogen) atoms. The van der Waals surface area contributed by atoms with Crippen molar-refractivity contribution in [2.45, 2.75) is 19.5 Å². The Kier molecular flexibility index (Phi) is 5.41. The van der Waals surface area contributed by atoms with Crippen LogP contribution >= 0.6 is 0 Å². The van der Waals surface area contributed by atoms with E-state index in [2.05, 4.69) is 10.6 Å². The highest BCUT2D eigenvalue weighted by atomic mass is 19.1. The molecule has 0 saturated heterocycles. The number of rotatable bonds is 6. The molecule has 3 aromatic carbocycles. The van der Waals surface area contributed by atoms with Gasteiger partial charge in [0.1, 0.15) is 5.82 Å². The molecule has 0 aliphatic heterocycles. The molecule has 0 atom stereocenters. The van der Waals surface area contributed by atoms with Crippen LogP contribution in [0.25, 0.3) is 10.8 Å². The fourth-order valence-corrected chi connectivity index (χ4v) is 2.92. The van der Waals surface area contributed by atoms with Crippen LogP contribution in [-0.2, 0) is 24.3 Å². The maximum Gasteiger partial charge on any atom is 0.224 e. The fraction of sp³-hybridized carbons (Fsp3) is 0.190. The lowest BCUT2D eigenvalue weighted by Crippen LogP contribution is -2.24. The Balaban J connectivity index is 1.64. The average molecular weight is 336 g/mol. The van der Waals surface area contributed by atoms with E-state index in [1.807, 2.05) is 48.5 Å². The Morgan fingerprint density at radius 2 is 1.76 bits per heavy atom. The fourth-order valence-electron chi connectivity index (χ4n) is 2.92. The van der Waals surface area contributed by atoms with Crippen LogP contribution in [-0.4, -0.2) is 13.0 Å². The molecular weight excluding hydrogens is 315 g/mol. The molecule has 0 saturated carbocycles. The van der Waals surface area contributed by atoms with E-state index in [1.54, 1.807) is 13.1 Å². The topological polar surface area (TPSA) is 41.1 Å². The summed E-state index contributed by atoms with van der Waals surface area (Å²) >= 11 is 0. The van der Waals surface area contributed by atoms with Crippen molar-refractivity contribution >= 4 is 16.7 Å². The summed E-state index contributed by atoms with van der Waals surface area (Å²) < 4.78 is 13.9. The highest BCUT2D eigenvalue weighted by molar-refractivity contribution is 5.90. The van der Waals surface area contributed by atoms with Gasteiger partial charge in [-0.2, -0.15) is 0 Å². The minimum absolute atomic E-state index is 0.0731. The minimum Gasteiger partial charge on any atom is -0.352 e. The molecule has 3 aromatic rings. The van der Waals surface area contributed by atoms with E-state index in [0.29, 0.717) is 25.1 Å². The van der Waals surface area contributed by atoms with Gasteiger partial charge in [-0.3, -0.25) is 4.79 Å². The van der Waals surface area contributed by atoms with Gasteiger partial charge < -0.3 is 10.6 Å². The predicted octanol–water partition coefficient (Wildman–Crippen LogP) is 3.56. The smallest absolute Gasteiger partial charge is 0.224 e. The number of fused-ring (bicyclic) bond motifs is 1. The first-order valence-electron chi connectivity index (χ1n) is 8.32. The molecule has 0 spiro atoms. The number of hydrogen-bond acceptors (Lipinski definition) is 2. The Labute approximate surface area is 146 Å². The van der Waals surface area contributed by atoms with E-state index in [0.717, 1.165) is 21.9 Å². The van der Waals surface area contributed by atoms with Gasteiger partial charge in [0.05, 0.1) is 6.42 Å². The molecule has 3 nitrogen and oxygen atoms in total. The maximum absolute atomic E-state index is 13.9. The molecule has 4 heteroatoms. The molecule has 0 heterocycles. The van der Waals surface area contributed by atoms with Gasteiger partial charge in [0.25, 0.3) is 0 Å². The standard InChI is InChI=1S/C21H21FN2O/c1-23-14-18-10-9-15(11-20(18)22)13-24-21(25)12-17-7-4-6-16-5-2-3-8-19(16)17/h2-11,23H,12-14H2,1H3,(H,24,25). The largest absolute Gasteiger partial charge is 0.352 e. The second-order valence-electron chi connectivity index (χ2n) is 6.05. The van der Waals surface area contributed by atoms with Crippen molar-refractivity contribution in [3.05, 3.63) is 83.2 Å². The Hall–Kier alpha value is -2.72. The number of hydrogen-bond donors (Lipinski definition) is 2. The van der Waals surface area contributed by atoms with Crippen molar-refractivity contribution in [1.82, 2.24) is 10.6 Å². The van der Waals surface area contributed by atoms with Gasteiger partial charge in [-0.1, -0.05) is 54.6 Å². The molecule has 3 rings (SSSR count). The summed E-state index contributed by atoms with van der Waals surface area (Å²) in [6.45, 7) is 0.805. The lowest BCUT2D eigenvalue weighted by atomic mass is 10.0. The normalized spacial score (nSPS) is 10.8. The molecular formula is C21H21FN2O.